The molecule has 0 saturated carbocycles. The second-order valence-electron chi connectivity index (χ2n) is 10.3. The van der Waals surface area contributed by atoms with E-state index in [2.05, 4.69) is 10.6 Å². The van der Waals surface area contributed by atoms with E-state index in [-0.39, 0.29) is 54.6 Å². The maximum atomic E-state index is 14.0. The fraction of sp³-hybridized carbons (Fsp3) is 0.464. The molecule has 3 atom stereocenters. The minimum atomic E-state index is -1.29. The van der Waals surface area contributed by atoms with Crippen LogP contribution in [0.1, 0.15) is 31.4 Å². The Kier molecular flexibility index (Phi) is 10.9. The van der Waals surface area contributed by atoms with Crippen LogP contribution >= 0.6 is 11.8 Å². The van der Waals surface area contributed by atoms with Gasteiger partial charge in [0.1, 0.15) is 11.9 Å². The van der Waals surface area contributed by atoms with Crippen molar-refractivity contribution in [2.24, 2.45) is 11.7 Å². The van der Waals surface area contributed by atoms with Crippen LogP contribution in [0.15, 0.2) is 36.4 Å². The van der Waals surface area contributed by atoms with E-state index < -0.39 is 28.9 Å². The highest BCUT2D eigenvalue weighted by Gasteiger charge is 2.35. The van der Waals surface area contributed by atoms with Crippen molar-refractivity contribution in [1.82, 2.24) is 15.1 Å². The minimum Gasteiger partial charge on any atom is -0.373 e. The average molecular weight is 580 g/mol. The van der Waals surface area contributed by atoms with E-state index >= 15 is 0 Å². The fourth-order valence-corrected chi connectivity index (χ4v) is 5.49. The Balaban J connectivity index is 1.53. The van der Waals surface area contributed by atoms with E-state index in [4.69, 9.17) is 5.73 Å². The van der Waals surface area contributed by atoms with Gasteiger partial charge in [-0.15, -0.1) is 11.8 Å². The average Bonchev–Trinajstić information content (AvgIpc) is 3.39. The summed E-state index contributed by atoms with van der Waals surface area (Å²) in [7, 11) is 3.43. The second-order valence-corrected chi connectivity index (χ2v) is 11.5. The summed E-state index contributed by atoms with van der Waals surface area (Å²) in [6.07, 6.45) is -0.330. The first-order valence-electron chi connectivity index (χ1n) is 13.0. The first kappa shape index (κ1) is 31.3. The van der Waals surface area contributed by atoms with Gasteiger partial charge in [0.05, 0.1) is 0 Å². The molecule has 40 heavy (non-hydrogen) atoms. The lowest BCUT2D eigenvalue weighted by molar-refractivity contribution is -0.136. The number of carbonyl (C=O) groups is 3. The smallest absolute Gasteiger partial charge is 0.253 e. The Hall–Kier alpha value is -3.25. The first-order valence-corrected chi connectivity index (χ1v) is 14.1. The predicted octanol–water partition coefficient (Wildman–Crippen LogP) is 3.11. The third-order valence-corrected chi connectivity index (χ3v) is 7.76. The Morgan fingerprint density at radius 3 is 2.35 bits per heavy atom. The third-order valence-electron chi connectivity index (χ3n) is 6.56. The van der Waals surface area contributed by atoms with E-state index in [0.29, 0.717) is 18.4 Å². The number of likely N-dealkylation sites (N-methyl/N-ethyl adjacent to an activating group) is 1. The summed E-state index contributed by atoms with van der Waals surface area (Å²) in [6, 6.07) is 7.38. The number of nitrogens with one attached hydrogen (secondary N) is 2. The van der Waals surface area contributed by atoms with Crippen molar-refractivity contribution in [1.29, 1.82) is 0 Å². The Morgan fingerprint density at radius 2 is 1.73 bits per heavy atom. The van der Waals surface area contributed by atoms with Crippen molar-refractivity contribution in [3.05, 3.63) is 65.0 Å². The zero-order chi connectivity index (χ0) is 29.6. The first-order chi connectivity index (χ1) is 18.9. The molecule has 3 amide bonds. The molecular formula is C28H36F3N5O3S. The number of halogens is 3. The number of thioether (sulfide) groups is 1. The van der Waals surface area contributed by atoms with Crippen molar-refractivity contribution in [3.63, 3.8) is 0 Å². The summed E-state index contributed by atoms with van der Waals surface area (Å²) < 4.78 is 40.6. The molecule has 1 aliphatic heterocycles. The highest BCUT2D eigenvalue weighted by Crippen LogP contribution is 2.26. The molecule has 0 aliphatic carbocycles. The number of benzene rings is 2. The fourth-order valence-electron chi connectivity index (χ4n) is 4.33. The molecule has 1 heterocycles. The van der Waals surface area contributed by atoms with Crippen LogP contribution in [0.4, 0.5) is 18.9 Å². The van der Waals surface area contributed by atoms with E-state index in [1.165, 1.54) is 16.7 Å². The molecule has 3 rings (SSSR count). The van der Waals surface area contributed by atoms with Crippen LogP contribution in [0.3, 0.4) is 0 Å². The summed E-state index contributed by atoms with van der Waals surface area (Å²) >= 11 is 1.33. The molecule has 1 fully saturated rings. The van der Waals surface area contributed by atoms with Gasteiger partial charge >= 0.3 is 0 Å². The lowest BCUT2D eigenvalue weighted by Crippen LogP contribution is -2.46. The van der Waals surface area contributed by atoms with Crippen molar-refractivity contribution in [2.75, 3.05) is 31.7 Å². The molecule has 8 nitrogen and oxygen atoms in total. The quantitative estimate of drug-likeness (QED) is 0.353. The number of anilines is 1. The highest BCUT2D eigenvalue weighted by molar-refractivity contribution is 8.00. The number of nitrogens with two attached hydrogens (primary N) is 1. The molecule has 0 bridgehead atoms. The van der Waals surface area contributed by atoms with E-state index in [1.54, 1.807) is 19.0 Å². The molecule has 4 N–H and O–H groups in total. The van der Waals surface area contributed by atoms with Crippen LogP contribution in [0.25, 0.3) is 0 Å². The molecule has 1 saturated heterocycles. The SMILES string of the molecule is CC(C)[C@@H](Nc1ccc(CNC(=O)[C@@H]2SCCN2C(=O)C[C@H](N)Cc2cc(F)c(F)cc2F)cc1)C(=O)N(C)C. The van der Waals surface area contributed by atoms with Crippen molar-refractivity contribution >= 4 is 35.2 Å². The van der Waals surface area contributed by atoms with Gasteiger partial charge in [-0.05, 0) is 41.7 Å². The molecular weight excluding hydrogens is 543 g/mol. The topological polar surface area (TPSA) is 108 Å². The molecule has 12 heteroatoms. The summed E-state index contributed by atoms with van der Waals surface area (Å²) in [5, 5.41) is 5.39. The summed E-state index contributed by atoms with van der Waals surface area (Å²) in [6.45, 7) is 4.55. The zero-order valence-corrected chi connectivity index (χ0v) is 23.9. The van der Waals surface area contributed by atoms with Gasteiger partial charge in [-0.3, -0.25) is 14.4 Å². The maximum Gasteiger partial charge on any atom is 0.253 e. The second kappa shape index (κ2) is 13.9. The van der Waals surface area contributed by atoms with Gasteiger partial charge in [-0.1, -0.05) is 26.0 Å². The van der Waals surface area contributed by atoms with Crippen molar-refractivity contribution < 1.29 is 27.6 Å². The standard InChI is InChI=1S/C28H36F3N5O3S/c1-16(2)25(27(39)35(3)4)34-20-7-5-17(6-8-20)15-33-26(38)28-36(9-10-40-28)24(37)13-19(32)11-18-12-22(30)23(31)14-21(18)29/h5-8,12,14,16,19,25,28,34H,9-11,13,15,32H2,1-4H3,(H,33,38)/t19-,25-,28+/m1/s1. The van der Waals surface area contributed by atoms with Crippen molar-refractivity contribution in [3.8, 4) is 0 Å². The molecule has 1 aliphatic rings. The van der Waals surface area contributed by atoms with E-state index in [9.17, 15) is 27.6 Å². The van der Waals surface area contributed by atoms with Gasteiger partial charge in [0.25, 0.3) is 5.91 Å². The van der Waals surface area contributed by atoms with Gasteiger partial charge in [0.2, 0.25) is 11.8 Å². The normalized spacial score (nSPS) is 16.5. The van der Waals surface area contributed by atoms with Crippen LogP contribution in [-0.2, 0) is 27.3 Å². The number of rotatable bonds is 11. The predicted molar refractivity (Wildman–Crippen MR) is 150 cm³/mol. The molecule has 0 spiro atoms. The summed E-state index contributed by atoms with van der Waals surface area (Å²) in [5.74, 6) is -3.47. The third kappa shape index (κ3) is 8.14. The van der Waals surface area contributed by atoms with Crippen LogP contribution < -0.4 is 16.4 Å². The molecule has 218 valence electrons. The van der Waals surface area contributed by atoms with E-state index in [1.807, 2.05) is 38.1 Å². The van der Waals surface area contributed by atoms with Gasteiger partial charge < -0.3 is 26.2 Å². The number of hydrogen-bond acceptors (Lipinski definition) is 6. The van der Waals surface area contributed by atoms with Crippen LogP contribution in [0.5, 0.6) is 0 Å². The number of nitrogens with zero attached hydrogens (tertiary/aromatic N) is 2. The Labute approximate surface area is 236 Å². The summed E-state index contributed by atoms with van der Waals surface area (Å²) in [5.41, 5.74) is 7.52. The molecule has 0 aromatic heterocycles. The molecule has 0 unspecified atom stereocenters. The lowest BCUT2D eigenvalue weighted by atomic mass is 10.0. The van der Waals surface area contributed by atoms with Gasteiger partial charge in [0.15, 0.2) is 17.0 Å². The largest absolute Gasteiger partial charge is 0.373 e. The van der Waals surface area contributed by atoms with Crippen LogP contribution in [-0.4, -0.2) is 71.4 Å². The maximum absolute atomic E-state index is 14.0. The zero-order valence-electron chi connectivity index (χ0n) is 23.0. The highest BCUT2D eigenvalue weighted by atomic mass is 32.2. The summed E-state index contributed by atoms with van der Waals surface area (Å²) in [4.78, 5) is 41.2. The molecule has 2 aromatic rings. The lowest BCUT2D eigenvalue weighted by Gasteiger charge is -2.26. The van der Waals surface area contributed by atoms with Gasteiger partial charge in [0, 0.05) is 57.2 Å². The Morgan fingerprint density at radius 1 is 1.07 bits per heavy atom. The monoisotopic (exact) mass is 579 g/mol. The molecule has 0 radical (unpaired) electrons. The minimum absolute atomic E-state index is 0.0167. The Bertz CT molecular complexity index is 1210. The number of amides is 3. The number of carbonyl (C=O) groups excluding carboxylic acids is 3. The number of hydrogen-bond donors (Lipinski definition) is 3. The van der Waals surface area contributed by atoms with E-state index in [0.717, 1.165) is 17.3 Å². The van der Waals surface area contributed by atoms with Crippen LogP contribution in [0.2, 0.25) is 0 Å². The molecule has 2 aromatic carbocycles. The van der Waals surface area contributed by atoms with Gasteiger partial charge in [-0.25, -0.2) is 13.2 Å². The van der Waals surface area contributed by atoms with Gasteiger partial charge in [-0.2, -0.15) is 0 Å². The van der Waals surface area contributed by atoms with Crippen molar-refractivity contribution in [2.45, 2.75) is 50.7 Å². The van der Waals surface area contributed by atoms with Crippen LogP contribution in [0, 0.1) is 23.4 Å².